The Morgan fingerprint density at radius 1 is 1.53 bits per heavy atom. The molecule has 0 spiro atoms. The summed E-state index contributed by atoms with van der Waals surface area (Å²) >= 11 is 1.69. The van der Waals surface area contributed by atoms with Crippen LogP contribution in [0.5, 0.6) is 0 Å². The molecule has 0 aliphatic rings. The number of hydrogen-bond acceptors (Lipinski definition) is 4. The molecule has 5 heteroatoms. The molecule has 2 rings (SSSR count). The van der Waals surface area contributed by atoms with Gasteiger partial charge in [-0.3, -0.25) is 0 Å². The van der Waals surface area contributed by atoms with E-state index in [0.29, 0.717) is 0 Å². The summed E-state index contributed by atoms with van der Waals surface area (Å²) in [7, 11) is 0. The molecule has 0 radical (unpaired) electrons. The summed E-state index contributed by atoms with van der Waals surface area (Å²) < 4.78 is 2.15. The highest BCUT2D eigenvalue weighted by atomic mass is 32.1. The predicted molar refractivity (Wildman–Crippen MR) is 79.1 cm³/mol. The monoisotopic (exact) mass is 279 g/mol. The zero-order valence-electron chi connectivity index (χ0n) is 11.2. The molecule has 0 saturated heterocycles. The van der Waals surface area contributed by atoms with E-state index in [1.807, 2.05) is 25.4 Å². The average molecular weight is 279 g/mol. The molecule has 104 valence electrons. The minimum Gasteiger partial charge on any atom is -0.394 e. The molecule has 0 aliphatic carbocycles. The van der Waals surface area contributed by atoms with E-state index in [1.165, 1.54) is 4.88 Å². The van der Waals surface area contributed by atoms with Crippen molar-refractivity contribution >= 4 is 11.3 Å². The van der Waals surface area contributed by atoms with Gasteiger partial charge in [0, 0.05) is 24.5 Å². The van der Waals surface area contributed by atoms with E-state index in [0.717, 1.165) is 31.6 Å². The third-order valence-corrected chi connectivity index (χ3v) is 4.42. The predicted octanol–water partition coefficient (Wildman–Crippen LogP) is 2.49. The van der Waals surface area contributed by atoms with Crippen LogP contribution in [0.25, 0.3) is 10.7 Å². The first-order valence-corrected chi connectivity index (χ1v) is 7.51. The number of thiophene rings is 1. The van der Waals surface area contributed by atoms with Gasteiger partial charge in [-0.05, 0) is 30.7 Å². The largest absolute Gasteiger partial charge is 0.394 e. The van der Waals surface area contributed by atoms with Crippen LogP contribution in [0, 0.1) is 0 Å². The highest BCUT2D eigenvalue weighted by Crippen LogP contribution is 2.23. The lowest BCUT2D eigenvalue weighted by molar-refractivity contribution is 0.179. The van der Waals surface area contributed by atoms with Crippen LogP contribution in [0.1, 0.15) is 26.2 Å². The average Bonchev–Trinajstić information content (AvgIpc) is 3.08. The van der Waals surface area contributed by atoms with Crippen molar-refractivity contribution in [3.05, 3.63) is 29.9 Å². The molecular formula is C14H21N3OS. The van der Waals surface area contributed by atoms with Crippen molar-refractivity contribution in [1.29, 1.82) is 0 Å². The van der Waals surface area contributed by atoms with E-state index in [2.05, 4.69) is 21.0 Å². The molecule has 3 N–H and O–H groups in total. The van der Waals surface area contributed by atoms with E-state index in [9.17, 15) is 5.11 Å². The van der Waals surface area contributed by atoms with E-state index in [-0.39, 0.29) is 6.61 Å². The normalized spacial score (nSPS) is 14.5. The summed E-state index contributed by atoms with van der Waals surface area (Å²) in [6.07, 6.45) is 6.39. The molecule has 0 saturated carbocycles. The number of imidazole rings is 1. The van der Waals surface area contributed by atoms with Gasteiger partial charge >= 0.3 is 0 Å². The number of nitrogens with two attached hydrogens (primary N) is 1. The van der Waals surface area contributed by atoms with Crippen molar-refractivity contribution in [2.24, 2.45) is 5.73 Å². The van der Waals surface area contributed by atoms with Gasteiger partial charge in [0.1, 0.15) is 5.82 Å². The smallest absolute Gasteiger partial charge is 0.149 e. The van der Waals surface area contributed by atoms with Gasteiger partial charge in [0.2, 0.25) is 0 Å². The number of hydrogen-bond donors (Lipinski definition) is 2. The van der Waals surface area contributed by atoms with Crippen LogP contribution in [0.2, 0.25) is 0 Å². The number of aryl methyl sites for hydroxylation is 1. The van der Waals surface area contributed by atoms with Crippen molar-refractivity contribution in [2.45, 2.75) is 38.3 Å². The molecule has 0 aromatic carbocycles. The Morgan fingerprint density at radius 2 is 2.37 bits per heavy atom. The summed E-state index contributed by atoms with van der Waals surface area (Å²) in [5, 5.41) is 11.4. The van der Waals surface area contributed by atoms with E-state index in [4.69, 9.17) is 5.73 Å². The van der Waals surface area contributed by atoms with Gasteiger partial charge in [-0.2, -0.15) is 0 Å². The van der Waals surface area contributed by atoms with Gasteiger partial charge < -0.3 is 15.4 Å². The van der Waals surface area contributed by atoms with Crippen LogP contribution >= 0.6 is 11.3 Å². The van der Waals surface area contributed by atoms with E-state index in [1.54, 1.807) is 11.3 Å². The minimum atomic E-state index is -0.441. The Bertz CT molecular complexity index is 489. The minimum absolute atomic E-state index is 0.0468. The number of nitrogens with zero attached hydrogens (tertiary/aromatic N) is 2. The molecule has 4 nitrogen and oxygen atoms in total. The molecule has 1 atom stereocenters. The number of aliphatic hydroxyl groups is 1. The van der Waals surface area contributed by atoms with Gasteiger partial charge in [-0.15, -0.1) is 11.3 Å². The van der Waals surface area contributed by atoms with Gasteiger partial charge in [0.15, 0.2) is 0 Å². The van der Waals surface area contributed by atoms with Crippen LogP contribution in [-0.4, -0.2) is 26.8 Å². The van der Waals surface area contributed by atoms with Crippen molar-refractivity contribution in [1.82, 2.24) is 9.55 Å². The fourth-order valence-electron chi connectivity index (χ4n) is 2.09. The Hall–Kier alpha value is -1.17. The van der Waals surface area contributed by atoms with E-state index < -0.39 is 5.54 Å². The third-order valence-electron chi connectivity index (χ3n) is 3.55. The summed E-state index contributed by atoms with van der Waals surface area (Å²) in [6.45, 7) is 2.95. The van der Waals surface area contributed by atoms with Gasteiger partial charge in [0.05, 0.1) is 11.5 Å². The Balaban J connectivity index is 1.96. The summed E-state index contributed by atoms with van der Waals surface area (Å²) in [5.41, 5.74) is 5.66. The standard InChI is InChI=1S/C14H21N3OS/c1-2-14(15,11-18)6-4-8-17-9-7-16-13(17)12-5-3-10-19-12/h3,5,7,9-10,18H,2,4,6,8,11,15H2,1H3. The van der Waals surface area contributed by atoms with Crippen molar-refractivity contribution < 1.29 is 5.11 Å². The first-order chi connectivity index (χ1) is 9.18. The lowest BCUT2D eigenvalue weighted by Gasteiger charge is -2.25. The number of aromatic nitrogens is 2. The maximum Gasteiger partial charge on any atom is 0.149 e. The molecule has 0 amide bonds. The van der Waals surface area contributed by atoms with Crippen molar-refractivity contribution in [2.75, 3.05) is 6.61 Å². The Kier molecular flexibility index (Phi) is 4.74. The fourth-order valence-corrected chi connectivity index (χ4v) is 2.83. The maximum absolute atomic E-state index is 9.30. The second-order valence-corrected chi connectivity index (χ2v) is 5.85. The van der Waals surface area contributed by atoms with Gasteiger partial charge in [-0.1, -0.05) is 13.0 Å². The second kappa shape index (κ2) is 6.32. The molecule has 0 bridgehead atoms. The van der Waals surface area contributed by atoms with Crippen molar-refractivity contribution in [3.8, 4) is 10.7 Å². The second-order valence-electron chi connectivity index (χ2n) is 4.90. The first-order valence-electron chi connectivity index (χ1n) is 6.63. The zero-order valence-corrected chi connectivity index (χ0v) is 12.1. The SMILES string of the molecule is CCC(N)(CO)CCCn1ccnc1-c1cccs1. The van der Waals surface area contributed by atoms with Gasteiger partial charge in [0.25, 0.3) is 0 Å². The fraction of sp³-hybridized carbons (Fsp3) is 0.500. The third kappa shape index (κ3) is 3.43. The summed E-state index contributed by atoms with van der Waals surface area (Å²) in [4.78, 5) is 5.59. The quantitative estimate of drug-likeness (QED) is 0.818. The van der Waals surface area contributed by atoms with Gasteiger partial charge in [-0.25, -0.2) is 4.98 Å². The van der Waals surface area contributed by atoms with E-state index >= 15 is 0 Å². The molecule has 2 aromatic heterocycles. The molecule has 2 heterocycles. The Morgan fingerprint density at radius 3 is 3.00 bits per heavy atom. The molecule has 1 unspecified atom stereocenters. The summed E-state index contributed by atoms with van der Waals surface area (Å²) in [6, 6.07) is 4.11. The molecule has 0 aliphatic heterocycles. The number of aliphatic hydroxyl groups excluding tert-OH is 1. The van der Waals surface area contributed by atoms with Crippen LogP contribution in [0.15, 0.2) is 29.9 Å². The van der Waals surface area contributed by atoms with Crippen LogP contribution in [0.3, 0.4) is 0 Å². The first kappa shape index (κ1) is 14.2. The van der Waals surface area contributed by atoms with Crippen LogP contribution in [-0.2, 0) is 6.54 Å². The Labute approximate surface area is 117 Å². The maximum atomic E-state index is 9.30. The topological polar surface area (TPSA) is 64.1 Å². The van der Waals surface area contributed by atoms with Crippen LogP contribution < -0.4 is 5.73 Å². The lowest BCUT2D eigenvalue weighted by atomic mass is 9.93. The molecule has 19 heavy (non-hydrogen) atoms. The molecule has 2 aromatic rings. The highest BCUT2D eigenvalue weighted by Gasteiger charge is 2.20. The molecular weight excluding hydrogens is 258 g/mol. The summed E-state index contributed by atoms with van der Waals surface area (Å²) in [5.74, 6) is 1.01. The highest BCUT2D eigenvalue weighted by molar-refractivity contribution is 7.13. The lowest BCUT2D eigenvalue weighted by Crippen LogP contribution is -2.43. The number of rotatable bonds is 7. The van der Waals surface area contributed by atoms with Crippen molar-refractivity contribution in [3.63, 3.8) is 0 Å². The molecule has 0 fully saturated rings. The van der Waals surface area contributed by atoms with Crippen LogP contribution in [0.4, 0.5) is 0 Å². The zero-order chi connectivity index (χ0) is 13.7.